The lowest BCUT2D eigenvalue weighted by atomic mass is 9.83. The number of benzene rings is 1. The minimum Gasteiger partial charge on any atom is -0.313 e. The molecule has 0 radical (unpaired) electrons. The third-order valence-corrected chi connectivity index (χ3v) is 3.33. The van der Waals surface area contributed by atoms with Crippen molar-refractivity contribution in [3.8, 4) is 0 Å². The number of hydrogen-bond acceptors (Lipinski definition) is 1. The van der Waals surface area contributed by atoms with E-state index in [0.717, 1.165) is 31.0 Å². The van der Waals surface area contributed by atoms with Gasteiger partial charge in [0.05, 0.1) is 0 Å². The maximum atomic E-state index is 13.1. The highest BCUT2D eigenvalue weighted by atomic mass is 19.1. The van der Waals surface area contributed by atoms with Crippen molar-refractivity contribution >= 4 is 0 Å². The van der Waals surface area contributed by atoms with Crippen molar-refractivity contribution in [3.63, 3.8) is 0 Å². The quantitative estimate of drug-likeness (QED) is 0.811. The molecule has 1 nitrogen and oxygen atoms in total. The van der Waals surface area contributed by atoms with E-state index in [-0.39, 0.29) is 5.41 Å². The van der Waals surface area contributed by atoms with Crippen molar-refractivity contribution in [1.29, 1.82) is 0 Å². The fourth-order valence-corrected chi connectivity index (χ4v) is 2.23. The Morgan fingerprint density at radius 2 is 1.68 bits per heavy atom. The summed E-state index contributed by atoms with van der Waals surface area (Å²) in [4.78, 5) is 0. The molecule has 1 rings (SSSR count). The Morgan fingerprint density at radius 3 is 2.16 bits per heavy atom. The van der Waals surface area contributed by atoms with Crippen molar-refractivity contribution in [1.82, 2.24) is 5.32 Å². The van der Waals surface area contributed by atoms with Gasteiger partial charge < -0.3 is 5.32 Å². The molecule has 0 saturated heterocycles. The first kappa shape index (κ1) is 16.1. The standard InChI is InChI=1S/C16H25F2N/c1-5-8-19-15(16(2,3)4)7-6-12-9-13(17)11-14(18)10-12/h9-11,15,19H,5-8H2,1-4H3. The Bertz CT molecular complexity index is 376. The van der Waals surface area contributed by atoms with Gasteiger partial charge in [-0.3, -0.25) is 0 Å². The maximum Gasteiger partial charge on any atom is 0.126 e. The lowest BCUT2D eigenvalue weighted by Crippen LogP contribution is -2.41. The van der Waals surface area contributed by atoms with E-state index < -0.39 is 11.6 Å². The van der Waals surface area contributed by atoms with E-state index in [0.29, 0.717) is 12.5 Å². The summed E-state index contributed by atoms with van der Waals surface area (Å²) in [6.07, 6.45) is 2.65. The lowest BCUT2D eigenvalue weighted by molar-refractivity contribution is 0.255. The molecule has 1 aromatic carbocycles. The zero-order valence-electron chi connectivity index (χ0n) is 12.4. The summed E-state index contributed by atoms with van der Waals surface area (Å²) < 4.78 is 26.3. The molecule has 0 aliphatic rings. The molecule has 0 spiro atoms. The van der Waals surface area contributed by atoms with Gasteiger partial charge in [-0.05, 0) is 48.9 Å². The van der Waals surface area contributed by atoms with Crippen molar-refractivity contribution in [3.05, 3.63) is 35.4 Å². The fraction of sp³-hybridized carbons (Fsp3) is 0.625. The van der Waals surface area contributed by atoms with Crippen molar-refractivity contribution < 1.29 is 8.78 Å². The van der Waals surface area contributed by atoms with Crippen LogP contribution in [0.1, 0.15) is 46.1 Å². The molecule has 1 atom stereocenters. The molecule has 0 aliphatic carbocycles. The molecule has 0 bridgehead atoms. The predicted octanol–water partition coefficient (Wildman–Crippen LogP) is 4.31. The number of rotatable bonds is 6. The van der Waals surface area contributed by atoms with Gasteiger partial charge in [0, 0.05) is 12.1 Å². The number of aryl methyl sites for hydroxylation is 1. The molecule has 0 aliphatic heterocycles. The Labute approximate surface area is 115 Å². The van der Waals surface area contributed by atoms with Gasteiger partial charge in [0.25, 0.3) is 0 Å². The topological polar surface area (TPSA) is 12.0 Å². The van der Waals surface area contributed by atoms with E-state index in [2.05, 4.69) is 33.0 Å². The Morgan fingerprint density at radius 1 is 1.11 bits per heavy atom. The molecule has 0 amide bonds. The Hall–Kier alpha value is -0.960. The summed E-state index contributed by atoms with van der Waals surface area (Å²) >= 11 is 0. The first-order valence-electron chi connectivity index (χ1n) is 7.01. The van der Waals surface area contributed by atoms with E-state index in [1.54, 1.807) is 0 Å². The highest BCUT2D eigenvalue weighted by molar-refractivity contribution is 5.18. The van der Waals surface area contributed by atoms with E-state index in [9.17, 15) is 8.78 Å². The van der Waals surface area contributed by atoms with Gasteiger partial charge in [-0.25, -0.2) is 8.78 Å². The average molecular weight is 269 g/mol. The van der Waals surface area contributed by atoms with Crippen LogP contribution in [0.25, 0.3) is 0 Å². The minimum atomic E-state index is -0.496. The van der Waals surface area contributed by atoms with E-state index in [1.165, 1.54) is 12.1 Å². The van der Waals surface area contributed by atoms with Gasteiger partial charge in [-0.1, -0.05) is 27.7 Å². The van der Waals surface area contributed by atoms with Crippen LogP contribution >= 0.6 is 0 Å². The fourth-order valence-electron chi connectivity index (χ4n) is 2.23. The molecular formula is C16H25F2N. The summed E-state index contributed by atoms with van der Waals surface area (Å²) in [6.45, 7) is 9.67. The third-order valence-electron chi connectivity index (χ3n) is 3.33. The molecule has 3 heteroatoms. The monoisotopic (exact) mass is 269 g/mol. The highest BCUT2D eigenvalue weighted by Gasteiger charge is 2.23. The third kappa shape index (κ3) is 5.68. The summed E-state index contributed by atoms with van der Waals surface area (Å²) in [5, 5.41) is 3.52. The maximum absolute atomic E-state index is 13.1. The first-order chi connectivity index (χ1) is 8.82. The van der Waals surface area contributed by atoms with Gasteiger partial charge in [0.1, 0.15) is 11.6 Å². The van der Waals surface area contributed by atoms with Crippen LogP contribution in [-0.4, -0.2) is 12.6 Å². The van der Waals surface area contributed by atoms with Crippen LogP contribution in [0.15, 0.2) is 18.2 Å². The second kappa shape index (κ2) is 6.99. The van der Waals surface area contributed by atoms with Crippen LogP contribution in [0, 0.1) is 17.0 Å². The molecule has 108 valence electrons. The molecule has 1 N–H and O–H groups in total. The molecule has 0 saturated carbocycles. The molecule has 0 heterocycles. The van der Waals surface area contributed by atoms with Gasteiger partial charge in [-0.2, -0.15) is 0 Å². The summed E-state index contributed by atoms with van der Waals surface area (Å²) in [5.74, 6) is -0.993. The van der Waals surface area contributed by atoms with Crippen LogP contribution in [-0.2, 0) is 6.42 Å². The van der Waals surface area contributed by atoms with E-state index in [1.807, 2.05) is 0 Å². The van der Waals surface area contributed by atoms with Crippen LogP contribution in [0.4, 0.5) is 8.78 Å². The molecule has 1 aromatic rings. The van der Waals surface area contributed by atoms with Gasteiger partial charge in [0.2, 0.25) is 0 Å². The summed E-state index contributed by atoms with van der Waals surface area (Å²) in [7, 11) is 0. The zero-order chi connectivity index (χ0) is 14.5. The summed E-state index contributed by atoms with van der Waals surface area (Å²) in [6, 6.07) is 4.10. The smallest absolute Gasteiger partial charge is 0.126 e. The van der Waals surface area contributed by atoms with Gasteiger partial charge >= 0.3 is 0 Å². The second-order valence-electron chi connectivity index (χ2n) is 6.19. The second-order valence-corrected chi connectivity index (χ2v) is 6.19. The number of nitrogens with one attached hydrogen (secondary N) is 1. The normalized spacial score (nSPS) is 13.6. The van der Waals surface area contributed by atoms with Gasteiger partial charge in [-0.15, -0.1) is 0 Å². The molecule has 0 fully saturated rings. The van der Waals surface area contributed by atoms with Crippen molar-refractivity contribution in [2.24, 2.45) is 5.41 Å². The largest absolute Gasteiger partial charge is 0.313 e. The first-order valence-corrected chi connectivity index (χ1v) is 7.01. The lowest BCUT2D eigenvalue weighted by Gasteiger charge is -2.32. The minimum absolute atomic E-state index is 0.140. The van der Waals surface area contributed by atoms with Crippen LogP contribution < -0.4 is 5.32 Å². The van der Waals surface area contributed by atoms with Gasteiger partial charge in [0.15, 0.2) is 0 Å². The zero-order valence-corrected chi connectivity index (χ0v) is 12.4. The Balaban J connectivity index is 2.65. The average Bonchev–Trinajstić information content (AvgIpc) is 2.26. The number of halogens is 2. The molecular weight excluding hydrogens is 244 g/mol. The van der Waals surface area contributed by atoms with E-state index in [4.69, 9.17) is 0 Å². The van der Waals surface area contributed by atoms with Crippen molar-refractivity contribution in [2.45, 2.75) is 53.0 Å². The van der Waals surface area contributed by atoms with E-state index >= 15 is 0 Å². The molecule has 0 aromatic heterocycles. The molecule has 1 unspecified atom stereocenters. The van der Waals surface area contributed by atoms with Crippen LogP contribution in [0.2, 0.25) is 0 Å². The Kier molecular flexibility index (Phi) is 5.92. The highest BCUT2D eigenvalue weighted by Crippen LogP contribution is 2.23. The number of hydrogen-bond donors (Lipinski definition) is 1. The molecule has 19 heavy (non-hydrogen) atoms. The van der Waals surface area contributed by atoms with Crippen LogP contribution in [0.5, 0.6) is 0 Å². The summed E-state index contributed by atoms with van der Waals surface area (Å²) in [5.41, 5.74) is 0.867. The van der Waals surface area contributed by atoms with Crippen LogP contribution in [0.3, 0.4) is 0 Å². The van der Waals surface area contributed by atoms with Crippen molar-refractivity contribution in [2.75, 3.05) is 6.54 Å². The SMILES string of the molecule is CCCNC(CCc1cc(F)cc(F)c1)C(C)(C)C. The predicted molar refractivity (Wildman–Crippen MR) is 76.2 cm³/mol.